The highest BCUT2D eigenvalue weighted by atomic mass is 19.2. The molecule has 2 atom stereocenters. The Morgan fingerprint density at radius 1 is 1.21 bits per heavy atom. The van der Waals surface area contributed by atoms with Crippen molar-refractivity contribution in [2.24, 2.45) is 0 Å². The molecule has 0 bridgehead atoms. The number of likely N-dealkylation sites (tertiary alicyclic amines) is 1. The minimum absolute atomic E-state index is 0.0306. The van der Waals surface area contributed by atoms with Crippen LogP contribution >= 0.6 is 0 Å². The summed E-state index contributed by atoms with van der Waals surface area (Å²) in [5.74, 6) is -3.58. The van der Waals surface area contributed by atoms with Gasteiger partial charge in [-0.1, -0.05) is 0 Å². The zero-order valence-corrected chi connectivity index (χ0v) is 16.3. The number of hydrogen-bond acceptors (Lipinski definition) is 5. The monoisotopic (exact) mass is 398 g/mol. The highest BCUT2D eigenvalue weighted by Crippen LogP contribution is 2.22. The van der Waals surface area contributed by atoms with Gasteiger partial charge in [0.25, 0.3) is 5.91 Å². The molecule has 9 heteroatoms. The molecule has 1 aromatic rings. The maximum Gasteiger partial charge on any atom is 0.411 e. The summed E-state index contributed by atoms with van der Waals surface area (Å²) in [7, 11) is 0. The molecule has 1 fully saturated rings. The van der Waals surface area contributed by atoms with E-state index in [4.69, 9.17) is 9.47 Å². The lowest BCUT2D eigenvalue weighted by atomic mass is 10.2. The molecule has 0 unspecified atom stereocenters. The van der Waals surface area contributed by atoms with Gasteiger partial charge in [-0.15, -0.1) is 0 Å². The maximum absolute atomic E-state index is 13.2. The first-order valence-corrected chi connectivity index (χ1v) is 8.94. The first kappa shape index (κ1) is 21.6. The smallest absolute Gasteiger partial charge is 0.411 e. The first-order valence-electron chi connectivity index (χ1n) is 8.94. The fraction of sp³-hybridized carbons (Fsp3) is 0.526. The Morgan fingerprint density at radius 3 is 2.50 bits per heavy atom. The van der Waals surface area contributed by atoms with Gasteiger partial charge in [0.1, 0.15) is 11.6 Å². The number of halogens is 2. The van der Waals surface area contributed by atoms with Crippen molar-refractivity contribution in [1.29, 1.82) is 0 Å². The Morgan fingerprint density at radius 2 is 1.89 bits per heavy atom. The van der Waals surface area contributed by atoms with E-state index in [0.717, 1.165) is 12.1 Å². The van der Waals surface area contributed by atoms with E-state index in [9.17, 15) is 23.2 Å². The van der Waals surface area contributed by atoms with Gasteiger partial charge in [-0.3, -0.25) is 9.69 Å². The molecule has 1 aliphatic rings. The molecule has 0 aliphatic carbocycles. The van der Waals surface area contributed by atoms with Crippen LogP contribution in [0.4, 0.5) is 19.3 Å². The number of anilines is 1. The summed E-state index contributed by atoms with van der Waals surface area (Å²) in [5, 5.41) is 2.34. The van der Waals surface area contributed by atoms with Crippen molar-refractivity contribution in [1.82, 2.24) is 4.90 Å². The van der Waals surface area contributed by atoms with Crippen LogP contribution in [-0.4, -0.2) is 47.2 Å². The molecule has 7 nitrogen and oxygen atoms in total. The molecule has 28 heavy (non-hydrogen) atoms. The Balaban J connectivity index is 1.95. The second kappa shape index (κ2) is 8.53. The zero-order chi connectivity index (χ0) is 21.1. The number of ether oxygens (including phenoxy) is 2. The van der Waals surface area contributed by atoms with Crippen LogP contribution in [0.15, 0.2) is 18.2 Å². The molecular formula is C19H24F2N2O5. The lowest BCUT2D eigenvalue weighted by molar-refractivity contribution is -0.157. The summed E-state index contributed by atoms with van der Waals surface area (Å²) in [6.07, 6.45) is -0.808. The van der Waals surface area contributed by atoms with Crippen molar-refractivity contribution < 1.29 is 32.6 Å². The number of nitrogens with zero attached hydrogens (tertiary/aromatic N) is 1. The third-order valence-corrected chi connectivity index (χ3v) is 4.00. The number of nitrogens with one attached hydrogen (secondary N) is 1. The van der Waals surface area contributed by atoms with Crippen LogP contribution in [0.25, 0.3) is 0 Å². The fourth-order valence-electron chi connectivity index (χ4n) is 2.67. The summed E-state index contributed by atoms with van der Waals surface area (Å²) >= 11 is 0. The summed E-state index contributed by atoms with van der Waals surface area (Å²) in [4.78, 5) is 38.1. The molecule has 1 N–H and O–H groups in total. The molecule has 0 saturated carbocycles. The number of amides is 2. The highest BCUT2D eigenvalue weighted by Gasteiger charge is 2.38. The molecule has 1 saturated heterocycles. The van der Waals surface area contributed by atoms with E-state index in [0.29, 0.717) is 19.4 Å². The molecule has 1 aromatic carbocycles. The number of benzene rings is 1. The van der Waals surface area contributed by atoms with Gasteiger partial charge in [0.05, 0.1) is 0 Å². The van der Waals surface area contributed by atoms with E-state index in [1.54, 1.807) is 20.8 Å². The van der Waals surface area contributed by atoms with Crippen molar-refractivity contribution in [2.75, 3.05) is 11.9 Å². The van der Waals surface area contributed by atoms with E-state index >= 15 is 0 Å². The van der Waals surface area contributed by atoms with E-state index in [2.05, 4.69) is 5.32 Å². The van der Waals surface area contributed by atoms with Crippen LogP contribution in [0.2, 0.25) is 0 Å². The van der Waals surface area contributed by atoms with Gasteiger partial charge in [0.2, 0.25) is 0 Å². The van der Waals surface area contributed by atoms with E-state index in [-0.39, 0.29) is 5.69 Å². The second-order valence-corrected chi connectivity index (χ2v) is 7.53. The largest absolute Gasteiger partial charge is 0.451 e. The van der Waals surface area contributed by atoms with Crippen molar-refractivity contribution in [2.45, 2.75) is 58.3 Å². The normalized spacial score (nSPS) is 17.8. The van der Waals surface area contributed by atoms with Crippen molar-refractivity contribution in [3.8, 4) is 0 Å². The Bertz CT molecular complexity index is 763. The lowest BCUT2D eigenvalue weighted by Gasteiger charge is -2.28. The van der Waals surface area contributed by atoms with Gasteiger partial charge >= 0.3 is 12.1 Å². The number of hydrogen-bond donors (Lipinski definition) is 1. The van der Waals surface area contributed by atoms with Crippen LogP contribution in [0.3, 0.4) is 0 Å². The van der Waals surface area contributed by atoms with E-state index in [1.807, 2.05) is 0 Å². The van der Waals surface area contributed by atoms with Crippen LogP contribution in [0, 0.1) is 11.6 Å². The third-order valence-electron chi connectivity index (χ3n) is 4.00. The number of esters is 1. The average molecular weight is 398 g/mol. The van der Waals surface area contributed by atoms with Crippen molar-refractivity contribution >= 4 is 23.7 Å². The van der Waals surface area contributed by atoms with Crippen LogP contribution < -0.4 is 5.32 Å². The minimum atomic E-state index is -1.19. The van der Waals surface area contributed by atoms with Gasteiger partial charge in [0.15, 0.2) is 17.7 Å². The maximum atomic E-state index is 13.2. The first-order chi connectivity index (χ1) is 13.0. The van der Waals surface area contributed by atoms with Crippen molar-refractivity contribution in [3.05, 3.63) is 29.8 Å². The van der Waals surface area contributed by atoms with E-state index < -0.39 is 47.4 Å². The molecular weight excluding hydrogens is 374 g/mol. The SMILES string of the molecule is C[C@@H](OC(=O)[C@@H]1CCCN1C(=O)OC(C)(C)C)C(=O)Nc1ccc(F)c(F)c1. The van der Waals surface area contributed by atoms with Gasteiger partial charge in [0, 0.05) is 18.3 Å². The fourth-order valence-corrected chi connectivity index (χ4v) is 2.67. The zero-order valence-electron chi connectivity index (χ0n) is 16.3. The molecule has 1 heterocycles. The molecule has 2 amide bonds. The quantitative estimate of drug-likeness (QED) is 0.787. The molecule has 0 spiro atoms. The molecule has 2 rings (SSSR count). The van der Waals surface area contributed by atoms with Gasteiger partial charge < -0.3 is 14.8 Å². The number of carbonyl (C=O) groups is 3. The summed E-state index contributed by atoms with van der Waals surface area (Å²) in [6.45, 7) is 6.86. The summed E-state index contributed by atoms with van der Waals surface area (Å²) < 4.78 is 36.6. The Labute approximate surface area is 162 Å². The average Bonchev–Trinajstić information content (AvgIpc) is 3.06. The molecule has 1 aliphatic heterocycles. The lowest BCUT2D eigenvalue weighted by Crippen LogP contribution is -2.45. The second-order valence-electron chi connectivity index (χ2n) is 7.53. The predicted octanol–water partition coefficient (Wildman–Crippen LogP) is 3.23. The van der Waals surface area contributed by atoms with Crippen LogP contribution in [0.5, 0.6) is 0 Å². The van der Waals surface area contributed by atoms with Crippen LogP contribution in [-0.2, 0) is 19.1 Å². The molecule has 0 aromatic heterocycles. The third kappa shape index (κ3) is 5.64. The van der Waals surface area contributed by atoms with Gasteiger partial charge in [-0.2, -0.15) is 0 Å². The van der Waals surface area contributed by atoms with Crippen molar-refractivity contribution in [3.63, 3.8) is 0 Å². The Hall–Kier alpha value is -2.71. The number of rotatable bonds is 4. The topological polar surface area (TPSA) is 84.9 Å². The Kier molecular flexibility index (Phi) is 6.58. The standard InChI is InChI=1S/C19H24F2N2O5/c1-11(16(24)22-12-7-8-13(20)14(21)10-12)27-17(25)15-6-5-9-23(15)18(26)28-19(2,3)4/h7-8,10-11,15H,5-6,9H2,1-4H3,(H,22,24)/t11-,15+/m1/s1. The molecule has 154 valence electrons. The predicted molar refractivity (Wildman–Crippen MR) is 96.5 cm³/mol. The van der Waals surface area contributed by atoms with Gasteiger partial charge in [-0.05, 0) is 52.7 Å². The van der Waals surface area contributed by atoms with E-state index in [1.165, 1.54) is 17.9 Å². The molecule has 0 radical (unpaired) electrons. The number of carbonyl (C=O) groups excluding carboxylic acids is 3. The minimum Gasteiger partial charge on any atom is -0.451 e. The highest BCUT2D eigenvalue weighted by molar-refractivity contribution is 5.95. The van der Waals surface area contributed by atoms with Gasteiger partial charge in [-0.25, -0.2) is 18.4 Å². The summed E-state index contributed by atoms with van der Waals surface area (Å²) in [5.41, 5.74) is -0.672. The summed E-state index contributed by atoms with van der Waals surface area (Å²) in [6, 6.07) is 2.04. The van der Waals surface area contributed by atoms with Crippen LogP contribution in [0.1, 0.15) is 40.5 Å².